The number of carbonyl (C=O) groups is 1. The predicted octanol–water partition coefficient (Wildman–Crippen LogP) is 1.82. The van der Waals surface area contributed by atoms with Gasteiger partial charge in [-0.3, -0.25) is 4.79 Å². The summed E-state index contributed by atoms with van der Waals surface area (Å²) < 4.78 is 25.3. The van der Waals surface area contributed by atoms with Gasteiger partial charge in [-0.05, 0) is 40.8 Å². The van der Waals surface area contributed by atoms with Crippen LogP contribution in [0.4, 0.5) is 11.5 Å². The van der Waals surface area contributed by atoms with E-state index in [4.69, 9.17) is 27.3 Å². The number of tetrazole rings is 1. The molecule has 13 nitrogen and oxygen atoms in total. The number of rotatable bonds is 7. The third-order valence-corrected chi connectivity index (χ3v) is 7.16. The molecule has 0 aliphatic carbocycles. The van der Waals surface area contributed by atoms with Crippen LogP contribution in [0.2, 0.25) is 5.02 Å². The first-order valence-electron chi connectivity index (χ1n) is 11.1. The molecule has 0 saturated carbocycles. The number of hydrogen-bond donors (Lipinski definition) is 3. The van der Waals surface area contributed by atoms with Gasteiger partial charge in [0.2, 0.25) is 15.6 Å². The number of anilines is 2. The molecule has 1 amide bonds. The molecule has 3 heterocycles. The van der Waals surface area contributed by atoms with Gasteiger partial charge < -0.3 is 15.9 Å². The van der Waals surface area contributed by atoms with E-state index in [0.29, 0.717) is 33.1 Å². The quantitative estimate of drug-likeness (QED) is 0.286. The van der Waals surface area contributed by atoms with Gasteiger partial charge in [-0.25, -0.2) is 23.2 Å². The van der Waals surface area contributed by atoms with Crippen LogP contribution in [0, 0.1) is 0 Å². The number of halogens is 1. The highest BCUT2D eigenvalue weighted by Gasteiger charge is 2.48. The van der Waals surface area contributed by atoms with Gasteiger partial charge in [-0.1, -0.05) is 41.0 Å². The topological polar surface area (TPSA) is 193 Å². The van der Waals surface area contributed by atoms with Crippen molar-refractivity contribution in [1.82, 2.24) is 25.2 Å². The van der Waals surface area contributed by atoms with Crippen molar-refractivity contribution < 1.29 is 18.0 Å². The number of hydrogen-bond acceptors (Lipinski definition) is 10. The minimum absolute atomic E-state index is 0.0362. The maximum atomic E-state index is 13.5. The largest absolute Gasteiger partial charge is 0.398 e. The predicted molar refractivity (Wildman–Crippen MR) is 138 cm³/mol. The number of primary sulfonamides is 1. The van der Waals surface area contributed by atoms with Gasteiger partial charge in [0, 0.05) is 29.3 Å². The molecule has 0 saturated heterocycles. The van der Waals surface area contributed by atoms with E-state index in [9.17, 15) is 13.2 Å². The summed E-state index contributed by atoms with van der Waals surface area (Å²) in [5.74, 6) is -0.338. The summed E-state index contributed by atoms with van der Waals surface area (Å²) in [6, 6.07) is 14.5. The van der Waals surface area contributed by atoms with Crippen LogP contribution < -0.4 is 16.2 Å². The molecule has 194 valence electrons. The highest BCUT2D eigenvalue weighted by atomic mass is 35.5. The molecule has 0 bridgehead atoms. The van der Waals surface area contributed by atoms with Crippen LogP contribution >= 0.6 is 11.6 Å². The van der Waals surface area contributed by atoms with E-state index in [1.807, 2.05) is 0 Å². The van der Waals surface area contributed by atoms with E-state index >= 15 is 0 Å². The summed E-state index contributed by atoms with van der Waals surface area (Å²) in [7, 11) is -3.95. The second-order valence-electron chi connectivity index (χ2n) is 8.47. The van der Waals surface area contributed by atoms with Crippen LogP contribution in [0.25, 0.3) is 11.1 Å². The molecular formula is C23H20ClN9O4S. The lowest BCUT2D eigenvalue weighted by atomic mass is 9.92. The highest BCUT2D eigenvalue weighted by molar-refractivity contribution is 7.89. The zero-order chi connectivity index (χ0) is 26.9. The molecule has 0 unspecified atom stereocenters. The lowest BCUT2D eigenvalue weighted by Crippen LogP contribution is -2.47. The molecular weight excluding hydrogens is 534 g/mol. The van der Waals surface area contributed by atoms with Gasteiger partial charge in [0.25, 0.3) is 5.91 Å². The Bertz CT molecular complexity index is 1640. The molecule has 5 rings (SSSR count). The van der Waals surface area contributed by atoms with Crippen molar-refractivity contribution in [3.8, 4) is 11.1 Å². The van der Waals surface area contributed by atoms with Gasteiger partial charge in [0.15, 0.2) is 0 Å². The molecule has 0 spiro atoms. The summed E-state index contributed by atoms with van der Waals surface area (Å²) in [6.07, 6.45) is 2.87. The zero-order valence-corrected chi connectivity index (χ0v) is 21.1. The number of pyridine rings is 1. The lowest BCUT2D eigenvalue weighted by molar-refractivity contribution is -0.140. The Morgan fingerprint density at radius 2 is 1.95 bits per heavy atom. The number of oxime groups is 1. The van der Waals surface area contributed by atoms with Crippen LogP contribution in [0.15, 0.2) is 77.2 Å². The first-order valence-corrected chi connectivity index (χ1v) is 13.0. The van der Waals surface area contributed by atoms with Crippen molar-refractivity contribution in [3.05, 3.63) is 77.7 Å². The minimum atomic E-state index is -3.95. The fourth-order valence-electron chi connectivity index (χ4n) is 3.96. The normalized spacial score (nSPS) is 17.1. The summed E-state index contributed by atoms with van der Waals surface area (Å²) in [6.45, 7) is -0.0400. The minimum Gasteiger partial charge on any atom is -0.398 e. The van der Waals surface area contributed by atoms with Gasteiger partial charge in [-0.2, -0.15) is 0 Å². The second kappa shape index (κ2) is 9.81. The number of nitrogen functional groups attached to an aromatic ring is 1. The van der Waals surface area contributed by atoms with Crippen molar-refractivity contribution in [2.45, 2.75) is 23.5 Å². The fraction of sp³-hybridized carbons (Fsp3) is 0.130. The molecule has 2 aromatic heterocycles. The molecule has 1 aliphatic rings. The monoisotopic (exact) mass is 553 g/mol. The van der Waals surface area contributed by atoms with Crippen LogP contribution in [0.1, 0.15) is 12.0 Å². The molecule has 1 aliphatic heterocycles. The van der Waals surface area contributed by atoms with Gasteiger partial charge >= 0.3 is 0 Å². The van der Waals surface area contributed by atoms with Crippen molar-refractivity contribution in [1.29, 1.82) is 0 Å². The molecule has 0 radical (unpaired) electrons. The molecule has 2 aromatic carbocycles. The Balaban J connectivity index is 1.39. The standard InChI is InChI=1S/C23H20ClN9O4S/c24-17-7-5-14(9-18(17)25)19-10-23(37-30-19,12-33-13-28-31-32-33)22(34)29-21-8-6-15(11-27-21)16-3-1-2-4-20(16)38(26,35)36/h1-9,11,13H,10,12,25H2,(H2,26,35,36)(H,27,29,34)/t23-/m1/s1. The van der Waals surface area contributed by atoms with E-state index in [1.54, 1.807) is 42.5 Å². The third-order valence-electron chi connectivity index (χ3n) is 5.85. The first kappa shape index (κ1) is 25.3. The average molecular weight is 554 g/mol. The van der Waals surface area contributed by atoms with Gasteiger partial charge in [0.05, 0.1) is 27.9 Å². The van der Waals surface area contributed by atoms with E-state index in [0.717, 1.165) is 0 Å². The molecule has 38 heavy (non-hydrogen) atoms. The molecule has 0 fully saturated rings. The zero-order valence-electron chi connectivity index (χ0n) is 19.5. The maximum Gasteiger partial charge on any atom is 0.274 e. The number of carbonyl (C=O) groups excluding carboxylic acids is 1. The number of benzene rings is 2. The van der Waals surface area contributed by atoms with Crippen LogP contribution in [0.3, 0.4) is 0 Å². The fourth-order valence-corrected chi connectivity index (χ4v) is 4.84. The Labute approximate surface area is 221 Å². The van der Waals surface area contributed by atoms with Crippen molar-refractivity contribution in [2.75, 3.05) is 11.1 Å². The Hall–Kier alpha value is -4.40. The van der Waals surface area contributed by atoms with Crippen LogP contribution in [-0.2, 0) is 26.2 Å². The number of nitrogens with one attached hydrogen (secondary N) is 1. The number of nitrogens with two attached hydrogens (primary N) is 2. The lowest BCUT2D eigenvalue weighted by Gasteiger charge is -2.24. The van der Waals surface area contributed by atoms with Gasteiger partial charge in [-0.15, -0.1) is 5.10 Å². The van der Waals surface area contributed by atoms with Crippen molar-refractivity contribution in [2.24, 2.45) is 10.3 Å². The number of amides is 1. The first-order chi connectivity index (χ1) is 18.1. The van der Waals surface area contributed by atoms with Crippen molar-refractivity contribution >= 4 is 44.7 Å². The number of sulfonamides is 1. The van der Waals surface area contributed by atoms with Crippen LogP contribution in [0.5, 0.6) is 0 Å². The van der Waals surface area contributed by atoms with E-state index in [-0.39, 0.29) is 23.7 Å². The second-order valence-corrected chi connectivity index (χ2v) is 10.4. The smallest absolute Gasteiger partial charge is 0.274 e. The Morgan fingerprint density at radius 1 is 1.16 bits per heavy atom. The summed E-state index contributed by atoms with van der Waals surface area (Å²) in [4.78, 5) is 23.5. The average Bonchev–Trinajstić information content (AvgIpc) is 3.57. The van der Waals surface area contributed by atoms with Crippen LogP contribution in [-0.4, -0.2) is 50.8 Å². The Kier molecular flexibility index (Phi) is 6.52. The summed E-state index contributed by atoms with van der Waals surface area (Å²) in [5, 5.41) is 23.7. The van der Waals surface area contributed by atoms with E-state index in [1.165, 1.54) is 29.3 Å². The Morgan fingerprint density at radius 3 is 2.63 bits per heavy atom. The van der Waals surface area contributed by atoms with E-state index < -0.39 is 21.5 Å². The van der Waals surface area contributed by atoms with Crippen molar-refractivity contribution in [3.63, 3.8) is 0 Å². The maximum absolute atomic E-state index is 13.5. The van der Waals surface area contributed by atoms with Gasteiger partial charge in [0.1, 0.15) is 12.1 Å². The highest BCUT2D eigenvalue weighted by Crippen LogP contribution is 2.32. The number of nitrogens with zero attached hydrogens (tertiary/aromatic N) is 6. The molecule has 5 N–H and O–H groups in total. The summed E-state index contributed by atoms with van der Waals surface area (Å²) in [5.41, 5.74) is 6.81. The molecule has 1 atom stereocenters. The van der Waals surface area contributed by atoms with E-state index in [2.05, 4.69) is 31.0 Å². The summed E-state index contributed by atoms with van der Waals surface area (Å²) >= 11 is 6.03. The molecule has 15 heteroatoms. The number of aromatic nitrogens is 5. The molecule has 4 aromatic rings. The third kappa shape index (κ3) is 5.04. The SMILES string of the molecule is Nc1cc(C2=NO[C@](Cn3cnnn3)(C(=O)Nc3ccc(-c4ccccc4S(N)(=O)=O)cn3)C2)ccc1Cl.